The Morgan fingerprint density at radius 1 is 1.11 bits per heavy atom. The number of benzene rings is 2. The van der Waals surface area contributed by atoms with Crippen LogP contribution in [0.1, 0.15) is 35.3 Å². The van der Waals surface area contributed by atoms with Crippen LogP contribution in [0.4, 0.5) is 23.2 Å². The van der Waals surface area contributed by atoms with Crippen LogP contribution >= 0.6 is 0 Å². The first-order valence-electron chi connectivity index (χ1n) is 8.31. The fourth-order valence-corrected chi connectivity index (χ4v) is 2.45. The zero-order valence-electron chi connectivity index (χ0n) is 14.8. The molecule has 0 saturated heterocycles. The maximum Gasteiger partial charge on any atom is 0.416 e. The van der Waals surface area contributed by atoms with Gasteiger partial charge < -0.3 is 4.90 Å². The Labute approximate surface area is 154 Å². The van der Waals surface area contributed by atoms with Crippen molar-refractivity contribution in [1.82, 2.24) is 5.43 Å². The molecular formula is C19H19F4N3O. The van der Waals surface area contributed by atoms with Crippen LogP contribution in [0.5, 0.6) is 0 Å². The van der Waals surface area contributed by atoms with E-state index in [1.165, 1.54) is 0 Å². The lowest BCUT2D eigenvalue weighted by molar-refractivity contribution is -0.137. The number of nitrogens with zero attached hydrogens (tertiary/aromatic N) is 2. The number of carbonyl (C=O) groups is 1. The van der Waals surface area contributed by atoms with Crippen molar-refractivity contribution in [1.29, 1.82) is 0 Å². The van der Waals surface area contributed by atoms with Crippen LogP contribution in [0, 0.1) is 5.82 Å². The van der Waals surface area contributed by atoms with Gasteiger partial charge in [0.25, 0.3) is 5.91 Å². The van der Waals surface area contributed by atoms with Crippen molar-refractivity contribution in [3.8, 4) is 0 Å². The quantitative estimate of drug-likeness (QED) is 0.456. The van der Waals surface area contributed by atoms with Crippen molar-refractivity contribution in [2.24, 2.45) is 5.10 Å². The number of alkyl halides is 3. The normalized spacial score (nSPS) is 11.6. The van der Waals surface area contributed by atoms with Crippen molar-refractivity contribution in [3.05, 3.63) is 65.0 Å². The highest BCUT2D eigenvalue weighted by Crippen LogP contribution is 2.29. The molecule has 27 heavy (non-hydrogen) atoms. The molecule has 0 unspecified atom stereocenters. The van der Waals surface area contributed by atoms with E-state index in [2.05, 4.69) is 15.4 Å². The SMILES string of the molecule is CCN(CC)c1ccc(C(=O)NN=Cc2ccc(C(F)(F)F)cc2F)cc1. The van der Waals surface area contributed by atoms with Crippen LogP contribution in [0.25, 0.3) is 0 Å². The molecule has 0 atom stereocenters. The van der Waals surface area contributed by atoms with Crippen molar-refractivity contribution < 1.29 is 22.4 Å². The third-order valence-corrected chi connectivity index (χ3v) is 3.96. The summed E-state index contributed by atoms with van der Waals surface area (Å²) in [6, 6.07) is 8.97. The van der Waals surface area contributed by atoms with Crippen LogP contribution in [0.2, 0.25) is 0 Å². The van der Waals surface area contributed by atoms with Gasteiger partial charge in [0.05, 0.1) is 11.8 Å². The van der Waals surface area contributed by atoms with Gasteiger partial charge in [-0.1, -0.05) is 0 Å². The van der Waals surface area contributed by atoms with Crippen molar-refractivity contribution in [3.63, 3.8) is 0 Å². The summed E-state index contributed by atoms with van der Waals surface area (Å²) in [5.41, 5.74) is 2.31. The highest BCUT2D eigenvalue weighted by atomic mass is 19.4. The number of hydrazone groups is 1. The lowest BCUT2D eigenvalue weighted by atomic mass is 10.1. The average Bonchev–Trinajstić information content (AvgIpc) is 2.63. The van der Waals surface area contributed by atoms with Crippen LogP contribution in [-0.2, 0) is 6.18 Å². The molecule has 2 rings (SSSR count). The molecule has 0 saturated carbocycles. The Bertz CT molecular complexity index is 813. The molecule has 0 aliphatic heterocycles. The third kappa shape index (κ3) is 5.29. The van der Waals surface area contributed by atoms with Crippen LogP contribution in [0.3, 0.4) is 0 Å². The molecule has 1 N–H and O–H groups in total. The first kappa shape index (κ1) is 20.4. The summed E-state index contributed by atoms with van der Waals surface area (Å²) in [7, 11) is 0. The van der Waals surface area contributed by atoms with Gasteiger partial charge in [0.15, 0.2) is 0 Å². The van der Waals surface area contributed by atoms with Crippen LogP contribution in [0.15, 0.2) is 47.6 Å². The Hall–Kier alpha value is -2.90. The molecule has 8 heteroatoms. The van der Waals surface area contributed by atoms with Crippen molar-refractivity contribution in [2.75, 3.05) is 18.0 Å². The number of hydrogen-bond acceptors (Lipinski definition) is 3. The van der Waals surface area contributed by atoms with E-state index >= 15 is 0 Å². The first-order chi connectivity index (χ1) is 12.8. The van der Waals surface area contributed by atoms with E-state index in [1.807, 2.05) is 13.8 Å². The van der Waals surface area contributed by atoms with Gasteiger partial charge in [-0.25, -0.2) is 9.82 Å². The number of amides is 1. The predicted octanol–water partition coefficient (Wildman–Crippen LogP) is 4.45. The van der Waals surface area contributed by atoms with Gasteiger partial charge in [-0.05, 0) is 56.3 Å². The molecule has 0 bridgehead atoms. The van der Waals surface area contributed by atoms with E-state index < -0.39 is 23.5 Å². The molecule has 144 valence electrons. The Morgan fingerprint density at radius 3 is 2.26 bits per heavy atom. The first-order valence-corrected chi connectivity index (χ1v) is 8.31. The van der Waals surface area contributed by atoms with Gasteiger partial charge >= 0.3 is 6.18 Å². The second-order valence-electron chi connectivity index (χ2n) is 5.65. The highest BCUT2D eigenvalue weighted by molar-refractivity contribution is 5.95. The molecule has 0 spiro atoms. The fourth-order valence-electron chi connectivity index (χ4n) is 2.45. The smallest absolute Gasteiger partial charge is 0.372 e. The number of anilines is 1. The number of carbonyl (C=O) groups excluding carboxylic acids is 1. The topological polar surface area (TPSA) is 44.7 Å². The second-order valence-corrected chi connectivity index (χ2v) is 5.65. The van der Waals surface area contributed by atoms with Gasteiger partial charge in [0.1, 0.15) is 5.82 Å². The molecule has 0 aliphatic rings. The molecule has 2 aromatic carbocycles. The summed E-state index contributed by atoms with van der Waals surface area (Å²) in [4.78, 5) is 14.2. The van der Waals surface area contributed by atoms with E-state index in [9.17, 15) is 22.4 Å². The minimum Gasteiger partial charge on any atom is -0.372 e. The fraction of sp³-hybridized carbons (Fsp3) is 0.263. The maximum absolute atomic E-state index is 13.7. The zero-order chi connectivity index (χ0) is 20.0. The van der Waals surface area contributed by atoms with E-state index in [4.69, 9.17) is 0 Å². The Morgan fingerprint density at radius 2 is 1.74 bits per heavy atom. The van der Waals surface area contributed by atoms with Crippen molar-refractivity contribution in [2.45, 2.75) is 20.0 Å². The lowest BCUT2D eigenvalue weighted by Gasteiger charge is -2.20. The summed E-state index contributed by atoms with van der Waals surface area (Å²) in [6.45, 7) is 5.73. The van der Waals surface area contributed by atoms with Crippen LogP contribution in [-0.4, -0.2) is 25.2 Å². The largest absolute Gasteiger partial charge is 0.416 e. The van der Waals surface area contributed by atoms with Gasteiger partial charge in [-0.15, -0.1) is 0 Å². The minimum absolute atomic E-state index is 0.166. The van der Waals surface area contributed by atoms with E-state index in [0.29, 0.717) is 11.6 Å². The van der Waals surface area contributed by atoms with Gasteiger partial charge in [-0.2, -0.15) is 18.3 Å². The number of nitrogens with one attached hydrogen (secondary N) is 1. The van der Waals surface area contributed by atoms with E-state index in [-0.39, 0.29) is 5.56 Å². The third-order valence-electron chi connectivity index (χ3n) is 3.96. The van der Waals surface area contributed by atoms with Gasteiger partial charge in [-0.3, -0.25) is 4.79 Å². The van der Waals surface area contributed by atoms with Gasteiger partial charge in [0, 0.05) is 29.9 Å². The molecule has 4 nitrogen and oxygen atoms in total. The van der Waals surface area contributed by atoms with Crippen LogP contribution < -0.4 is 10.3 Å². The van der Waals surface area contributed by atoms with E-state index in [0.717, 1.165) is 37.1 Å². The van der Waals surface area contributed by atoms with E-state index in [1.54, 1.807) is 24.3 Å². The standard InChI is InChI=1S/C19H19F4N3O/c1-3-26(4-2)16-9-6-13(7-10-16)18(27)25-24-12-14-5-8-15(11-17(14)20)19(21,22)23/h5-12H,3-4H2,1-2H3,(H,25,27). The summed E-state index contributed by atoms with van der Waals surface area (Å²) in [5, 5.41) is 3.60. The predicted molar refractivity (Wildman–Crippen MR) is 96.5 cm³/mol. The molecule has 0 fully saturated rings. The summed E-state index contributed by atoms with van der Waals surface area (Å²) in [5.74, 6) is -1.59. The average molecular weight is 381 g/mol. The number of rotatable bonds is 6. The second kappa shape index (κ2) is 8.66. The van der Waals surface area contributed by atoms with Crippen molar-refractivity contribution >= 4 is 17.8 Å². The molecule has 1 amide bonds. The maximum atomic E-state index is 13.7. The molecule has 0 radical (unpaired) electrons. The summed E-state index contributed by atoms with van der Waals surface area (Å²) in [6.07, 6.45) is -3.67. The monoisotopic (exact) mass is 381 g/mol. The highest BCUT2D eigenvalue weighted by Gasteiger charge is 2.31. The molecule has 0 aliphatic carbocycles. The summed E-state index contributed by atoms with van der Waals surface area (Å²) < 4.78 is 51.2. The Balaban J connectivity index is 2.03. The molecule has 0 heterocycles. The molecular weight excluding hydrogens is 362 g/mol. The van der Waals surface area contributed by atoms with Gasteiger partial charge in [0.2, 0.25) is 0 Å². The number of halogens is 4. The zero-order valence-corrected chi connectivity index (χ0v) is 14.8. The molecule has 2 aromatic rings. The Kier molecular flexibility index (Phi) is 6.55. The molecule has 0 aromatic heterocycles. The summed E-state index contributed by atoms with van der Waals surface area (Å²) >= 11 is 0. The lowest BCUT2D eigenvalue weighted by Crippen LogP contribution is -2.22. The number of hydrogen-bond donors (Lipinski definition) is 1. The minimum atomic E-state index is -4.62.